The van der Waals surface area contributed by atoms with Gasteiger partial charge in [0.1, 0.15) is 29.1 Å². The Labute approximate surface area is 184 Å². The normalized spacial score (nSPS) is 17.4. The fourth-order valence-electron chi connectivity index (χ4n) is 2.74. The second kappa shape index (κ2) is 9.12. The van der Waals surface area contributed by atoms with Gasteiger partial charge in [0.05, 0.1) is 29.2 Å². The number of nitrogens with one attached hydrogen (secondary N) is 1. The van der Waals surface area contributed by atoms with Gasteiger partial charge in [-0.15, -0.1) is 11.3 Å². The number of alkyl halides is 2. The van der Waals surface area contributed by atoms with E-state index in [1.807, 2.05) is 0 Å². The van der Waals surface area contributed by atoms with Gasteiger partial charge in [0, 0.05) is 17.9 Å². The summed E-state index contributed by atoms with van der Waals surface area (Å²) in [4.78, 5) is 29.2. The van der Waals surface area contributed by atoms with Gasteiger partial charge < -0.3 is 15.0 Å². The summed E-state index contributed by atoms with van der Waals surface area (Å²) >= 11 is 12.9. The van der Waals surface area contributed by atoms with Crippen molar-refractivity contribution in [3.8, 4) is 11.8 Å². The number of hydrogen-bond donors (Lipinski definition) is 1. The molecule has 1 N–H and O–H groups in total. The fourth-order valence-corrected chi connectivity index (χ4v) is 3.71. The summed E-state index contributed by atoms with van der Waals surface area (Å²) in [5, 5.41) is 14.0. The Morgan fingerprint density at radius 1 is 1.40 bits per heavy atom. The highest BCUT2D eigenvalue weighted by Gasteiger charge is 2.47. The Morgan fingerprint density at radius 3 is 2.87 bits per heavy atom. The number of benzene rings is 1. The molecule has 7 nitrogen and oxygen atoms in total. The van der Waals surface area contributed by atoms with Crippen LogP contribution in [0.5, 0.6) is 5.75 Å². The molecule has 12 heteroatoms. The molecule has 1 saturated heterocycles. The summed E-state index contributed by atoms with van der Waals surface area (Å²) in [7, 11) is 0. The van der Waals surface area contributed by atoms with Crippen molar-refractivity contribution < 1.29 is 23.1 Å². The van der Waals surface area contributed by atoms with Crippen LogP contribution in [0.4, 0.5) is 8.78 Å². The zero-order valence-electron chi connectivity index (χ0n) is 15.2. The lowest BCUT2D eigenvalue weighted by molar-refractivity contribution is -0.131. The van der Waals surface area contributed by atoms with E-state index in [-0.39, 0.29) is 12.3 Å². The standard InChI is InChI=1S/C18H14Cl2F2N4O3S/c19-12-2-1-11(3-13(12)20)29-7-15-25-14(8-30-15)17(28)24-6-16(27)26-9-18(21,22)4-10(26)5-23/h1-3,8,10H,4,6-7,9H2,(H,24,28)/t10-/m0/s1. The summed E-state index contributed by atoms with van der Waals surface area (Å²) in [6.07, 6.45) is -0.711. The van der Waals surface area contributed by atoms with E-state index in [4.69, 9.17) is 33.2 Å². The molecule has 0 aliphatic carbocycles. The van der Waals surface area contributed by atoms with Crippen molar-refractivity contribution in [3.63, 3.8) is 0 Å². The van der Waals surface area contributed by atoms with Crippen LogP contribution >= 0.6 is 34.5 Å². The van der Waals surface area contributed by atoms with Crippen LogP contribution in [0.25, 0.3) is 0 Å². The third kappa shape index (κ3) is 5.36. The Bertz CT molecular complexity index is 1010. The second-order valence-electron chi connectivity index (χ2n) is 6.40. The van der Waals surface area contributed by atoms with Crippen molar-refractivity contribution in [2.45, 2.75) is 25.0 Å². The van der Waals surface area contributed by atoms with Crippen LogP contribution in [0.2, 0.25) is 10.0 Å². The number of carbonyl (C=O) groups excluding carboxylic acids is 2. The van der Waals surface area contributed by atoms with E-state index in [0.29, 0.717) is 20.8 Å². The molecule has 1 atom stereocenters. The first-order chi connectivity index (χ1) is 14.2. The first kappa shape index (κ1) is 22.2. The number of nitrogens with zero attached hydrogens (tertiary/aromatic N) is 3. The molecule has 3 rings (SSSR count). The van der Waals surface area contributed by atoms with Crippen LogP contribution in [0.3, 0.4) is 0 Å². The Kier molecular flexibility index (Phi) is 6.75. The molecule has 0 spiro atoms. The smallest absolute Gasteiger partial charge is 0.271 e. The van der Waals surface area contributed by atoms with Crippen molar-refractivity contribution in [2.75, 3.05) is 13.1 Å². The number of aromatic nitrogens is 1. The number of halogens is 4. The second-order valence-corrected chi connectivity index (χ2v) is 8.16. The SMILES string of the molecule is N#C[C@@H]1CC(F)(F)CN1C(=O)CNC(=O)c1csc(COc2ccc(Cl)c(Cl)c2)n1. The molecule has 158 valence electrons. The van der Waals surface area contributed by atoms with Crippen LogP contribution in [0, 0.1) is 11.3 Å². The molecule has 0 radical (unpaired) electrons. The van der Waals surface area contributed by atoms with E-state index in [2.05, 4.69) is 10.3 Å². The minimum atomic E-state index is -3.11. The van der Waals surface area contributed by atoms with Gasteiger partial charge in [-0.25, -0.2) is 13.8 Å². The number of ether oxygens (including phenoxy) is 1. The molecule has 0 unspecified atom stereocenters. The maximum atomic E-state index is 13.4. The van der Waals surface area contributed by atoms with E-state index >= 15 is 0 Å². The van der Waals surface area contributed by atoms with E-state index in [1.165, 1.54) is 16.7 Å². The van der Waals surface area contributed by atoms with Crippen molar-refractivity contribution in [1.29, 1.82) is 5.26 Å². The van der Waals surface area contributed by atoms with Crippen molar-refractivity contribution in [3.05, 3.63) is 44.3 Å². The first-order valence-electron chi connectivity index (χ1n) is 8.56. The summed E-state index contributed by atoms with van der Waals surface area (Å²) in [6.45, 7) is -1.27. The van der Waals surface area contributed by atoms with Gasteiger partial charge in [-0.2, -0.15) is 5.26 Å². The number of nitriles is 1. The van der Waals surface area contributed by atoms with E-state index in [0.717, 1.165) is 4.90 Å². The Balaban J connectivity index is 1.52. The molecule has 1 fully saturated rings. The average molecular weight is 475 g/mol. The molecule has 1 aromatic heterocycles. The van der Waals surface area contributed by atoms with Gasteiger partial charge in [0.2, 0.25) is 5.91 Å². The molecule has 0 saturated carbocycles. The predicted octanol–water partition coefficient (Wildman–Crippen LogP) is 3.52. The Hall–Kier alpha value is -2.48. The predicted molar refractivity (Wildman–Crippen MR) is 106 cm³/mol. The number of carbonyl (C=O) groups is 2. The molecule has 1 aliphatic rings. The van der Waals surface area contributed by atoms with E-state index < -0.39 is 43.3 Å². The lowest BCUT2D eigenvalue weighted by atomic mass is 10.2. The minimum absolute atomic E-state index is 0.0594. The van der Waals surface area contributed by atoms with Crippen molar-refractivity contribution in [2.24, 2.45) is 0 Å². The van der Waals surface area contributed by atoms with Crippen LogP contribution in [-0.4, -0.2) is 46.8 Å². The highest BCUT2D eigenvalue weighted by Crippen LogP contribution is 2.31. The molecule has 1 aliphatic heterocycles. The molecule has 2 heterocycles. The minimum Gasteiger partial charge on any atom is -0.486 e. The highest BCUT2D eigenvalue weighted by molar-refractivity contribution is 7.09. The van der Waals surface area contributed by atoms with Gasteiger partial charge in [-0.3, -0.25) is 9.59 Å². The molecule has 0 bridgehead atoms. The lowest BCUT2D eigenvalue weighted by Gasteiger charge is -2.19. The largest absolute Gasteiger partial charge is 0.486 e. The van der Waals surface area contributed by atoms with Gasteiger partial charge in [0.15, 0.2) is 0 Å². The summed E-state index contributed by atoms with van der Waals surface area (Å²) in [5.41, 5.74) is 0.0594. The monoisotopic (exact) mass is 474 g/mol. The number of likely N-dealkylation sites (tertiary alicyclic amines) is 1. The third-order valence-electron chi connectivity index (χ3n) is 4.18. The lowest BCUT2D eigenvalue weighted by Crippen LogP contribution is -2.43. The zero-order valence-corrected chi connectivity index (χ0v) is 17.5. The Morgan fingerprint density at radius 2 is 2.17 bits per heavy atom. The molecule has 1 aromatic carbocycles. The van der Waals surface area contributed by atoms with Crippen LogP contribution in [0.15, 0.2) is 23.6 Å². The van der Waals surface area contributed by atoms with Crippen LogP contribution in [0.1, 0.15) is 21.9 Å². The fraction of sp³-hybridized carbons (Fsp3) is 0.333. The van der Waals surface area contributed by atoms with Crippen LogP contribution in [-0.2, 0) is 11.4 Å². The summed E-state index contributed by atoms with van der Waals surface area (Å²) in [5.74, 6) is -4.03. The molecule has 30 heavy (non-hydrogen) atoms. The maximum Gasteiger partial charge on any atom is 0.271 e. The molecule has 2 aromatic rings. The van der Waals surface area contributed by atoms with Gasteiger partial charge in [-0.1, -0.05) is 23.2 Å². The van der Waals surface area contributed by atoms with Gasteiger partial charge >= 0.3 is 0 Å². The quantitative estimate of drug-likeness (QED) is 0.690. The molecular weight excluding hydrogens is 461 g/mol. The van der Waals surface area contributed by atoms with E-state index in [1.54, 1.807) is 24.3 Å². The molecular formula is C18H14Cl2F2N4O3S. The van der Waals surface area contributed by atoms with E-state index in [9.17, 15) is 18.4 Å². The van der Waals surface area contributed by atoms with Crippen molar-refractivity contribution in [1.82, 2.24) is 15.2 Å². The number of hydrogen-bond acceptors (Lipinski definition) is 6. The van der Waals surface area contributed by atoms with Gasteiger partial charge in [-0.05, 0) is 12.1 Å². The van der Waals surface area contributed by atoms with Crippen LogP contribution < -0.4 is 10.1 Å². The number of rotatable bonds is 6. The number of amides is 2. The number of thiazole rings is 1. The zero-order chi connectivity index (χ0) is 21.9. The first-order valence-corrected chi connectivity index (χ1v) is 10.2. The molecule has 2 amide bonds. The van der Waals surface area contributed by atoms with Gasteiger partial charge in [0.25, 0.3) is 11.8 Å². The highest BCUT2D eigenvalue weighted by atomic mass is 35.5. The average Bonchev–Trinajstić information content (AvgIpc) is 3.30. The third-order valence-corrected chi connectivity index (χ3v) is 5.74. The topological polar surface area (TPSA) is 95.3 Å². The maximum absolute atomic E-state index is 13.4. The summed E-state index contributed by atoms with van der Waals surface area (Å²) in [6, 6.07) is 5.24. The van der Waals surface area contributed by atoms with Crippen molar-refractivity contribution >= 4 is 46.4 Å². The summed E-state index contributed by atoms with van der Waals surface area (Å²) < 4.78 is 32.4.